The number of hydrogen-bond donors (Lipinski definition) is 1. The molecule has 0 unspecified atom stereocenters. The second-order valence-corrected chi connectivity index (χ2v) is 6.86. The van der Waals surface area contributed by atoms with Crippen LogP contribution in [-0.2, 0) is 18.4 Å². The fourth-order valence-corrected chi connectivity index (χ4v) is 3.46. The third kappa shape index (κ3) is 3.84. The number of amides is 1. The molecule has 1 N–H and O–H groups in total. The summed E-state index contributed by atoms with van der Waals surface area (Å²) in [5.41, 5.74) is 2.43. The molecular formula is C19H26N4O4. The number of rotatable bonds is 5. The molecule has 27 heavy (non-hydrogen) atoms. The highest BCUT2D eigenvalue weighted by molar-refractivity contribution is 5.70. The van der Waals surface area contributed by atoms with Crippen molar-refractivity contribution in [2.75, 3.05) is 14.2 Å². The molecule has 1 aliphatic rings. The van der Waals surface area contributed by atoms with Crippen LogP contribution in [0, 0.1) is 6.92 Å². The summed E-state index contributed by atoms with van der Waals surface area (Å²) < 4.78 is 12.6. The van der Waals surface area contributed by atoms with Crippen molar-refractivity contribution in [3.8, 4) is 22.9 Å². The molecule has 2 aromatic rings. The van der Waals surface area contributed by atoms with Gasteiger partial charge in [0.15, 0.2) is 0 Å². The van der Waals surface area contributed by atoms with E-state index in [0.717, 1.165) is 25.7 Å². The number of aryl methyl sites for hydroxylation is 2. The molecule has 8 nitrogen and oxygen atoms in total. The third-order valence-corrected chi connectivity index (χ3v) is 5.13. The summed E-state index contributed by atoms with van der Waals surface area (Å²) in [6, 6.07) is 3.52. The molecule has 1 amide bonds. The molecular weight excluding hydrogens is 348 g/mol. The molecule has 0 aliphatic heterocycles. The monoisotopic (exact) mass is 374 g/mol. The molecule has 3 rings (SSSR count). The first-order chi connectivity index (χ1) is 12.9. The largest absolute Gasteiger partial charge is 0.506 e. The Kier molecular flexibility index (Phi) is 5.53. The summed E-state index contributed by atoms with van der Waals surface area (Å²) in [6.07, 6.45) is 4.00. The van der Waals surface area contributed by atoms with Gasteiger partial charge in [0.1, 0.15) is 12.4 Å². The fourth-order valence-electron chi connectivity index (χ4n) is 3.46. The smallest absolute Gasteiger partial charge is 0.410 e. The number of aromatic nitrogens is 3. The van der Waals surface area contributed by atoms with Crippen molar-refractivity contribution < 1.29 is 19.4 Å². The van der Waals surface area contributed by atoms with Gasteiger partial charge >= 0.3 is 6.09 Å². The number of aromatic hydroxyl groups is 1. The Hall–Kier alpha value is -2.77. The van der Waals surface area contributed by atoms with Gasteiger partial charge in [-0.15, -0.1) is 5.10 Å². The number of ether oxygens (including phenoxy) is 2. The van der Waals surface area contributed by atoms with Crippen LogP contribution in [0.5, 0.6) is 11.6 Å². The van der Waals surface area contributed by atoms with Crippen molar-refractivity contribution in [3.63, 3.8) is 0 Å². The van der Waals surface area contributed by atoms with E-state index in [1.54, 1.807) is 42.7 Å². The lowest BCUT2D eigenvalue weighted by molar-refractivity contribution is 0.0899. The minimum absolute atomic E-state index is 0.0552. The maximum atomic E-state index is 12.4. The first kappa shape index (κ1) is 19.0. The molecule has 0 aromatic carbocycles. The number of methoxy groups -OCH3 is 1. The minimum atomic E-state index is -0.345. The summed E-state index contributed by atoms with van der Waals surface area (Å²) in [6.45, 7) is 1.78. The summed E-state index contributed by atoms with van der Waals surface area (Å²) in [5, 5.41) is 14.1. The van der Waals surface area contributed by atoms with E-state index < -0.39 is 0 Å². The average molecular weight is 374 g/mol. The van der Waals surface area contributed by atoms with Gasteiger partial charge in [-0.2, -0.15) is 0 Å². The number of nitrogens with zero attached hydrogens (tertiary/aromatic N) is 4. The van der Waals surface area contributed by atoms with E-state index in [4.69, 9.17) is 9.47 Å². The zero-order chi connectivity index (χ0) is 19.6. The van der Waals surface area contributed by atoms with Gasteiger partial charge in [0, 0.05) is 20.1 Å². The predicted molar refractivity (Wildman–Crippen MR) is 99.6 cm³/mol. The normalized spacial score (nSPS) is 14.4. The maximum absolute atomic E-state index is 12.4. The third-order valence-electron chi connectivity index (χ3n) is 5.13. The van der Waals surface area contributed by atoms with Gasteiger partial charge in [0.2, 0.25) is 5.88 Å². The van der Waals surface area contributed by atoms with Crippen LogP contribution >= 0.6 is 0 Å². The summed E-state index contributed by atoms with van der Waals surface area (Å²) in [5.74, 6) is 0.512. The molecule has 146 valence electrons. The number of carbonyl (C=O) groups excluding carboxylic acids is 1. The van der Waals surface area contributed by atoms with Gasteiger partial charge in [0.25, 0.3) is 0 Å². The molecule has 0 saturated heterocycles. The van der Waals surface area contributed by atoms with Gasteiger partial charge in [-0.05, 0) is 31.9 Å². The van der Waals surface area contributed by atoms with E-state index in [-0.39, 0.29) is 24.5 Å². The quantitative estimate of drug-likeness (QED) is 0.865. The first-order valence-corrected chi connectivity index (χ1v) is 9.08. The van der Waals surface area contributed by atoms with E-state index in [9.17, 15) is 9.90 Å². The van der Waals surface area contributed by atoms with Crippen LogP contribution < -0.4 is 4.74 Å². The van der Waals surface area contributed by atoms with Crippen LogP contribution in [0.2, 0.25) is 0 Å². The molecule has 1 aliphatic carbocycles. The molecule has 0 radical (unpaired) electrons. The van der Waals surface area contributed by atoms with Crippen LogP contribution in [0.1, 0.15) is 37.1 Å². The van der Waals surface area contributed by atoms with Crippen molar-refractivity contribution in [3.05, 3.63) is 23.5 Å². The minimum Gasteiger partial charge on any atom is -0.506 e. The topological polar surface area (TPSA) is 89.7 Å². The number of carbonyl (C=O) groups is 1. The van der Waals surface area contributed by atoms with Gasteiger partial charge in [-0.25, -0.2) is 9.78 Å². The van der Waals surface area contributed by atoms with Crippen LogP contribution in [-0.4, -0.2) is 51.1 Å². The van der Waals surface area contributed by atoms with Crippen molar-refractivity contribution >= 4 is 6.09 Å². The van der Waals surface area contributed by atoms with Crippen molar-refractivity contribution in [2.45, 2.75) is 45.3 Å². The Labute approximate surface area is 158 Å². The second-order valence-electron chi connectivity index (χ2n) is 6.86. The molecule has 2 heterocycles. The lowest BCUT2D eigenvalue weighted by Gasteiger charge is -2.23. The Morgan fingerprint density at radius 2 is 2.07 bits per heavy atom. The van der Waals surface area contributed by atoms with Gasteiger partial charge < -0.3 is 19.5 Å². The predicted octanol–water partition coefficient (Wildman–Crippen LogP) is 3.02. The van der Waals surface area contributed by atoms with Gasteiger partial charge in [-0.1, -0.05) is 12.8 Å². The van der Waals surface area contributed by atoms with Crippen LogP contribution in [0.25, 0.3) is 11.3 Å². The lowest BCUT2D eigenvalue weighted by Crippen LogP contribution is -2.35. The zero-order valence-corrected chi connectivity index (χ0v) is 16.2. The Balaban J connectivity index is 1.83. The summed E-state index contributed by atoms with van der Waals surface area (Å²) in [4.78, 5) is 18.5. The molecule has 2 aromatic heterocycles. The highest BCUT2D eigenvalue weighted by Crippen LogP contribution is 2.33. The van der Waals surface area contributed by atoms with E-state index in [2.05, 4.69) is 10.1 Å². The van der Waals surface area contributed by atoms with Crippen LogP contribution in [0.4, 0.5) is 4.79 Å². The molecule has 1 saturated carbocycles. The second kappa shape index (κ2) is 7.85. The summed E-state index contributed by atoms with van der Waals surface area (Å²) in [7, 11) is 5.08. The highest BCUT2D eigenvalue weighted by Gasteiger charge is 2.26. The zero-order valence-electron chi connectivity index (χ0n) is 16.2. The Bertz CT molecular complexity index is 827. The maximum Gasteiger partial charge on any atom is 0.410 e. The van der Waals surface area contributed by atoms with Gasteiger partial charge in [-0.3, -0.25) is 4.68 Å². The van der Waals surface area contributed by atoms with Crippen molar-refractivity contribution in [2.24, 2.45) is 7.05 Å². The van der Waals surface area contributed by atoms with E-state index in [1.807, 2.05) is 0 Å². The first-order valence-electron chi connectivity index (χ1n) is 9.08. The molecule has 0 bridgehead atoms. The molecule has 0 atom stereocenters. The van der Waals surface area contributed by atoms with E-state index in [1.165, 1.54) is 7.11 Å². The van der Waals surface area contributed by atoms with Crippen LogP contribution in [0.15, 0.2) is 12.1 Å². The van der Waals surface area contributed by atoms with Crippen molar-refractivity contribution in [1.82, 2.24) is 19.7 Å². The van der Waals surface area contributed by atoms with Gasteiger partial charge in [0.05, 0.1) is 29.8 Å². The fraction of sp³-hybridized carbons (Fsp3) is 0.526. The van der Waals surface area contributed by atoms with E-state index >= 15 is 0 Å². The average Bonchev–Trinajstić information content (AvgIpc) is 3.29. The molecule has 0 spiro atoms. The SMILES string of the molecule is COc1nn(C)c(COC(=O)N(C)C2CCCC2)c1-c1ccc(O)c(C)n1. The van der Waals surface area contributed by atoms with E-state index in [0.29, 0.717) is 28.5 Å². The summed E-state index contributed by atoms with van der Waals surface area (Å²) >= 11 is 0. The number of pyridine rings is 1. The lowest BCUT2D eigenvalue weighted by atomic mass is 10.1. The number of hydrogen-bond acceptors (Lipinski definition) is 6. The molecule has 8 heteroatoms. The highest BCUT2D eigenvalue weighted by atomic mass is 16.6. The molecule has 1 fully saturated rings. The Morgan fingerprint density at radius 3 is 2.70 bits per heavy atom. The van der Waals surface area contributed by atoms with Crippen LogP contribution in [0.3, 0.4) is 0 Å². The standard InChI is InChI=1S/C19H26N4O4/c1-12-16(24)10-9-14(20-12)17-15(23(3)21-18(17)26-4)11-27-19(25)22(2)13-7-5-6-8-13/h9-10,13,24H,5-8,11H2,1-4H3. The van der Waals surface area contributed by atoms with Crippen molar-refractivity contribution in [1.29, 1.82) is 0 Å². The Morgan fingerprint density at radius 1 is 1.37 bits per heavy atom.